The Bertz CT molecular complexity index is 354. The van der Waals surface area contributed by atoms with Gasteiger partial charge in [0.25, 0.3) is 0 Å². The molecule has 0 saturated carbocycles. The molecule has 1 aromatic rings. The summed E-state index contributed by atoms with van der Waals surface area (Å²) in [5.74, 6) is 0.411. The Morgan fingerprint density at radius 1 is 1.29 bits per heavy atom. The van der Waals surface area contributed by atoms with Crippen molar-refractivity contribution in [2.75, 3.05) is 7.05 Å². The highest BCUT2D eigenvalue weighted by atomic mass is 19.1. The second-order valence-corrected chi connectivity index (χ2v) is 5.90. The molecule has 0 aromatic heterocycles. The Morgan fingerprint density at radius 3 is 2.41 bits per heavy atom. The predicted octanol–water partition coefficient (Wildman–Crippen LogP) is 4.16. The molecular formula is C15H24FN. The first kappa shape index (κ1) is 14.2. The first-order valence-corrected chi connectivity index (χ1v) is 6.27. The van der Waals surface area contributed by atoms with E-state index in [-0.39, 0.29) is 17.3 Å². The fourth-order valence-electron chi connectivity index (χ4n) is 1.85. The summed E-state index contributed by atoms with van der Waals surface area (Å²) in [7, 11) is 1.94. The van der Waals surface area contributed by atoms with Gasteiger partial charge in [-0.1, -0.05) is 39.8 Å². The van der Waals surface area contributed by atoms with Crippen LogP contribution in [-0.4, -0.2) is 7.05 Å². The summed E-state index contributed by atoms with van der Waals surface area (Å²) in [5.41, 5.74) is 1.31. The van der Waals surface area contributed by atoms with Crippen molar-refractivity contribution in [1.82, 2.24) is 5.32 Å². The third kappa shape index (κ3) is 4.12. The van der Waals surface area contributed by atoms with Crippen LogP contribution in [0.4, 0.5) is 4.39 Å². The minimum Gasteiger partial charge on any atom is -0.313 e. The van der Waals surface area contributed by atoms with Crippen molar-refractivity contribution in [2.24, 2.45) is 11.3 Å². The van der Waals surface area contributed by atoms with Crippen molar-refractivity contribution in [3.63, 3.8) is 0 Å². The van der Waals surface area contributed by atoms with E-state index in [9.17, 15) is 4.39 Å². The molecule has 1 aromatic carbocycles. The average molecular weight is 237 g/mol. The lowest BCUT2D eigenvalue weighted by molar-refractivity contribution is 0.226. The second kappa shape index (κ2) is 5.63. The fourth-order valence-corrected chi connectivity index (χ4v) is 1.85. The van der Waals surface area contributed by atoms with Crippen LogP contribution < -0.4 is 5.32 Å². The summed E-state index contributed by atoms with van der Waals surface area (Å²) >= 11 is 0. The number of nitrogens with one attached hydrogen (secondary N) is 1. The van der Waals surface area contributed by atoms with E-state index in [1.807, 2.05) is 13.1 Å². The van der Waals surface area contributed by atoms with E-state index in [0.717, 1.165) is 12.0 Å². The lowest BCUT2D eigenvalue weighted by Gasteiger charge is -2.31. The number of benzene rings is 1. The van der Waals surface area contributed by atoms with E-state index in [1.54, 1.807) is 12.1 Å². The highest BCUT2D eigenvalue weighted by Crippen LogP contribution is 2.33. The van der Waals surface area contributed by atoms with Gasteiger partial charge in [-0.05, 0) is 42.5 Å². The first-order valence-electron chi connectivity index (χ1n) is 6.27. The normalized spacial score (nSPS) is 15.6. The summed E-state index contributed by atoms with van der Waals surface area (Å²) < 4.78 is 13.2. The molecule has 1 N–H and O–H groups in total. The molecule has 0 heterocycles. The highest BCUT2D eigenvalue weighted by Gasteiger charge is 2.23. The molecule has 1 nitrogen and oxygen atoms in total. The molecule has 0 bridgehead atoms. The molecule has 0 radical (unpaired) electrons. The quantitative estimate of drug-likeness (QED) is 0.829. The van der Waals surface area contributed by atoms with Crippen molar-refractivity contribution < 1.29 is 4.39 Å². The summed E-state index contributed by atoms with van der Waals surface area (Å²) in [6.07, 6.45) is 1.02. The minimum absolute atomic E-state index is 0.161. The van der Waals surface area contributed by atoms with Gasteiger partial charge in [0.15, 0.2) is 0 Å². The fraction of sp³-hybridized carbons (Fsp3) is 0.600. The molecule has 0 fully saturated rings. The van der Waals surface area contributed by atoms with Crippen molar-refractivity contribution >= 4 is 0 Å². The van der Waals surface area contributed by atoms with Gasteiger partial charge in [-0.15, -0.1) is 0 Å². The summed E-state index contributed by atoms with van der Waals surface area (Å²) in [4.78, 5) is 0. The average Bonchev–Trinajstić information content (AvgIpc) is 2.24. The smallest absolute Gasteiger partial charge is 0.123 e. The predicted molar refractivity (Wildman–Crippen MR) is 71.4 cm³/mol. The molecule has 2 atom stereocenters. The number of rotatable bonds is 4. The van der Waals surface area contributed by atoms with Crippen molar-refractivity contribution in [1.29, 1.82) is 0 Å². The van der Waals surface area contributed by atoms with Crippen LogP contribution in [0.15, 0.2) is 24.3 Å². The topological polar surface area (TPSA) is 12.0 Å². The van der Waals surface area contributed by atoms with Crippen LogP contribution in [0.3, 0.4) is 0 Å². The number of hydrogen-bond acceptors (Lipinski definition) is 1. The zero-order valence-electron chi connectivity index (χ0n) is 11.5. The van der Waals surface area contributed by atoms with Gasteiger partial charge in [0.2, 0.25) is 0 Å². The molecule has 0 aliphatic rings. The molecule has 0 aliphatic carbocycles. The monoisotopic (exact) mass is 237 g/mol. The van der Waals surface area contributed by atoms with Crippen LogP contribution in [0, 0.1) is 17.2 Å². The van der Waals surface area contributed by atoms with Gasteiger partial charge in [0, 0.05) is 6.04 Å². The minimum atomic E-state index is -0.161. The molecule has 1 rings (SSSR count). The lowest BCUT2D eigenvalue weighted by Crippen LogP contribution is -2.25. The number of hydrogen-bond donors (Lipinski definition) is 1. The highest BCUT2D eigenvalue weighted by molar-refractivity contribution is 5.20. The molecule has 96 valence electrons. The van der Waals surface area contributed by atoms with E-state index in [0.29, 0.717) is 5.92 Å². The molecule has 0 saturated heterocycles. The largest absolute Gasteiger partial charge is 0.313 e. The summed E-state index contributed by atoms with van der Waals surface area (Å²) in [5, 5.41) is 3.28. The second-order valence-electron chi connectivity index (χ2n) is 5.90. The Morgan fingerprint density at radius 2 is 1.94 bits per heavy atom. The SMILES string of the molecule is CNC(CC(C)C(C)(C)C)c1cccc(F)c1. The van der Waals surface area contributed by atoms with Crippen LogP contribution in [-0.2, 0) is 0 Å². The molecule has 17 heavy (non-hydrogen) atoms. The molecule has 0 spiro atoms. The molecule has 2 unspecified atom stereocenters. The van der Waals surface area contributed by atoms with E-state index in [1.165, 1.54) is 6.07 Å². The number of halogens is 1. The van der Waals surface area contributed by atoms with Crippen molar-refractivity contribution in [3.8, 4) is 0 Å². The molecule has 0 amide bonds. The maximum Gasteiger partial charge on any atom is 0.123 e. The van der Waals surface area contributed by atoms with Crippen LogP contribution in [0.1, 0.15) is 45.7 Å². The molecular weight excluding hydrogens is 213 g/mol. The van der Waals surface area contributed by atoms with Gasteiger partial charge in [-0.2, -0.15) is 0 Å². The van der Waals surface area contributed by atoms with E-state index in [2.05, 4.69) is 33.0 Å². The van der Waals surface area contributed by atoms with Gasteiger partial charge in [0.05, 0.1) is 0 Å². The Balaban J connectivity index is 2.79. The first-order chi connectivity index (χ1) is 7.84. The van der Waals surface area contributed by atoms with Gasteiger partial charge >= 0.3 is 0 Å². The zero-order valence-corrected chi connectivity index (χ0v) is 11.5. The lowest BCUT2D eigenvalue weighted by atomic mass is 9.77. The Labute approximate surface area is 104 Å². The molecule has 0 aliphatic heterocycles. The van der Waals surface area contributed by atoms with E-state index in [4.69, 9.17) is 0 Å². The maximum absolute atomic E-state index is 13.2. The standard InChI is InChI=1S/C15H24FN/c1-11(15(2,3)4)9-14(17-5)12-7-6-8-13(16)10-12/h6-8,10-11,14,17H,9H2,1-5H3. The van der Waals surface area contributed by atoms with Crippen LogP contribution >= 0.6 is 0 Å². The van der Waals surface area contributed by atoms with Gasteiger partial charge < -0.3 is 5.32 Å². The Hall–Kier alpha value is -0.890. The Kier molecular flexibility index (Phi) is 4.70. The van der Waals surface area contributed by atoms with Crippen molar-refractivity contribution in [3.05, 3.63) is 35.6 Å². The van der Waals surface area contributed by atoms with Gasteiger partial charge in [0.1, 0.15) is 5.82 Å². The van der Waals surface area contributed by atoms with Crippen molar-refractivity contribution in [2.45, 2.75) is 40.2 Å². The third-order valence-corrected chi connectivity index (χ3v) is 3.67. The van der Waals surface area contributed by atoms with Crippen LogP contribution in [0.5, 0.6) is 0 Å². The molecule has 2 heteroatoms. The van der Waals surface area contributed by atoms with Gasteiger partial charge in [-0.3, -0.25) is 0 Å². The maximum atomic E-state index is 13.2. The van der Waals surface area contributed by atoms with Gasteiger partial charge in [-0.25, -0.2) is 4.39 Å². The van der Waals surface area contributed by atoms with Crippen LogP contribution in [0.2, 0.25) is 0 Å². The van der Waals surface area contributed by atoms with E-state index >= 15 is 0 Å². The van der Waals surface area contributed by atoms with Crippen LogP contribution in [0.25, 0.3) is 0 Å². The zero-order chi connectivity index (χ0) is 13.1. The summed E-state index contributed by atoms with van der Waals surface area (Å²) in [6.45, 7) is 8.99. The van der Waals surface area contributed by atoms with E-state index < -0.39 is 0 Å². The third-order valence-electron chi connectivity index (χ3n) is 3.67. The summed E-state index contributed by atoms with van der Waals surface area (Å²) in [6, 6.07) is 7.09.